The van der Waals surface area contributed by atoms with Gasteiger partial charge in [0.05, 0.1) is 10.6 Å². The second-order valence-electron chi connectivity index (χ2n) is 6.48. The van der Waals surface area contributed by atoms with E-state index in [9.17, 15) is 18.0 Å². The van der Waals surface area contributed by atoms with Crippen molar-refractivity contribution < 1.29 is 18.0 Å². The van der Waals surface area contributed by atoms with E-state index in [-0.39, 0.29) is 27.3 Å². The number of nitrogens with zero attached hydrogens (tertiary/aromatic N) is 3. The van der Waals surface area contributed by atoms with Crippen LogP contribution in [0.1, 0.15) is 10.4 Å². The number of carbonyl (C=O) groups is 2. The first-order valence-corrected chi connectivity index (χ1v) is 13.0. The third-order valence-corrected chi connectivity index (χ3v) is 8.31. The Balaban J connectivity index is 1.53. The minimum atomic E-state index is -3.57. The molecule has 0 aliphatic carbocycles. The highest BCUT2D eigenvalue weighted by molar-refractivity contribution is 9.10. The molecule has 168 valence electrons. The van der Waals surface area contributed by atoms with Crippen LogP contribution in [0.2, 0.25) is 0 Å². The van der Waals surface area contributed by atoms with E-state index in [2.05, 4.69) is 36.8 Å². The number of carbonyl (C=O) groups excluding carboxylic acids is 2. The molecule has 0 spiro atoms. The number of aromatic nitrogens is 2. The van der Waals surface area contributed by atoms with E-state index in [1.54, 1.807) is 12.1 Å². The second kappa shape index (κ2) is 10.5. The Kier molecular flexibility index (Phi) is 8.00. The molecule has 1 heterocycles. The van der Waals surface area contributed by atoms with E-state index in [0.29, 0.717) is 10.0 Å². The fraction of sp³-hybridized carbons (Fsp3) is 0.158. The molecule has 2 aromatic carbocycles. The van der Waals surface area contributed by atoms with Crippen LogP contribution in [0, 0.1) is 0 Å². The van der Waals surface area contributed by atoms with Gasteiger partial charge in [-0.3, -0.25) is 14.9 Å². The maximum Gasteiger partial charge on any atom is 0.257 e. The molecule has 0 radical (unpaired) electrons. The summed E-state index contributed by atoms with van der Waals surface area (Å²) in [5.41, 5.74) is 0.967. The van der Waals surface area contributed by atoms with E-state index in [1.165, 1.54) is 50.1 Å². The number of hydrogen-bond donors (Lipinski definition) is 2. The Morgan fingerprint density at radius 1 is 1.03 bits per heavy atom. The van der Waals surface area contributed by atoms with E-state index in [0.717, 1.165) is 20.1 Å². The van der Waals surface area contributed by atoms with Gasteiger partial charge in [0.1, 0.15) is 0 Å². The Morgan fingerprint density at radius 3 is 2.31 bits per heavy atom. The van der Waals surface area contributed by atoms with Crippen LogP contribution in [0.4, 0.5) is 10.8 Å². The molecule has 13 heteroatoms. The highest BCUT2D eigenvalue weighted by Gasteiger charge is 2.18. The van der Waals surface area contributed by atoms with Gasteiger partial charge in [-0.1, -0.05) is 39.0 Å². The number of sulfonamides is 1. The van der Waals surface area contributed by atoms with E-state index >= 15 is 0 Å². The van der Waals surface area contributed by atoms with Crippen LogP contribution in [-0.4, -0.2) is 54.6 Å². The van der Waals surface area contributed by atoms with Crippen LogP contribution < -0.4 is 10.6 Å². The van der Waals surface area contributed by atoms with Crippen molar-refractivity contribution in [1.29, 1.82) is 0 Å². The van der Waals surface area contributed by atoms with Crippen molar-refractivity contribution in [2.75, 3.05) is 30.5 Å². The molecule has 2 N–H and O–H groups in total. The number of thioether (sulfide) groups is 1. The molecule has 0 fully saturated rings. The molecule has 0 saturated carbocycles. The maximum atomic E-state index is 12.4. The summed E-state index contributed by atoms with van der Waals surface area (Å²) in [4.78, 5) is 24.6. The van der Waals surface area contributed by atoms with Gasteiger partial charge in [-0.05, 0) is 48.5 Å². The Hall–Kier alpha value is -2.32. The number of amides is 2. The van der Waals surface area contributed by atoms with Gasteiger partial charge >= 0.3 is 0 Å². The van der Waals surface area contributed by atoms with Gasteiger partial charge in [0.15, 0.2) is 4.34 Å². The minimum Gasteiger partial charge on any atom is -0.325 e. The van der Waals surface area contributed by atoms with Gasteiger partial charge in [0.2, 0.25) is 21.1 Å². The molecule has 3 aromatic rings. The van der Waals surface area contributed by atoms with Crippen LogP contribution in [-0.2, 0) is 14.8 Å². The highest BCUT2D eigenvalue weighted by atomic mass is 79.9. The number of anilines is 2. The number of nitrogens with one attached hydrogen (secondary N) is 2. The maximum absolute atomic E-state index is 12.4. The van der Waals surface area contributed by atoms with Gasteiger partial charge in [0, 0.05) is 29.8 Å². The van der Waals surface area contributed by atoms with Gasteiger partial charge in [-0.15, -0.1) is 10.2 Å². The monoisotopic (exact) mass is 555 g/mol. The third kappa shape index (κ3) is 6.36. The molecule has 3 rings (SSSR count). The lowest BCUT2D eigenvalue weighted by Gasteiger charge is -2.11. The summed E-state index contributed by atoms with van der Waals surface area (Å²) < 4.78 is 26.8. The lowest BCUT2D eigenvalue weighted by Crippen LogP contribution is -2.22. The van der Waals surface area contributed by atoms with Crippen molar-refractivity contribution >= 4 is 71.7 Å². The SMILES string of the molecule is CN(C)S(=O)(=O)c1ccc(C(=O)Nc2nnc(SCC(=O)Nc3ccc(Br)cc3)s2)cc1. The zero-order chi connectivity index (χ0) is 23.3. The topological polar surface area (TPSA) is 121 Å². The third-order valence-electron chi connectivity index (χ3n) is 3.98. The largest absolute Gasteiger partial charge is 0.325 e. The van der Waals surface area contributed by atoms with E-state index in [4.69, 9.17) is 0 Å². The predicted octanol–water partition coefficient (Wildman–Crippen LogP) is 3.53. The van der Waals surface area contributed by atoms with Crippen molar-refractivity contribution in [3.8, 4) is 0 Å². The predicted molar refractivity (Wildman–Crippen MR) is 129 cm³/mol. The summed E-state index contributed by atoms with van der Waals surface area (Å²) in [5, 5.41) is 13.6. The van der Waals surface area contributed by atoms with Crippen LogP contribution in [0.25, 0.3) is 0 Å². The van der Waals surface area contributed by atoms with Crippen LogP contribution in [0.15, 0.2) is 62.2 Å². The normalized spacial score (nSPS) is 11.4. The average Bonchev–Trinajstić information content (AvgIpc) is 3.21. The molecule has 1 aromatic heterocycles. The van der Waals surface area contributed by atoms with Gasteiger partial charge in [-0.25, -0.2) is 12.7 Å². The fourth-order valence-electron chi connectivity index (χ4n) is 2.33. The number of hydrogen-bond acceptors (Lipinski definition) is 8. The summed E-state index contributed by atoms with van der Waals surface area (Å²) in [6, 6.07) is 12.8. The van der Waals surface area contributed by atoms with Gasteiger partial charge in [-0.2, -0.15) is 0 Å². The first-order valence-electron chi connectivity index (χ1n) is 9.01. The zero-order valence-corrected chi connectivity index (χ0v) is 20.9. The van der Waals surface area contributed by atoms with Crippen molar-refractivity contribution in [3.63, 3.8) is 0 Å². The average molecular weight is 556 g/mol. The van der Waals surface area contributed by atoms with E-state index < -0.39 is 15.9 Å². The minimum absolute atomic E-state index is 0.0927. The van der Waals surface area contributed by atoms with Crippen molar-refractivity contribution in [2.24, 2.45) is 0 Å². The molecule has 0 bridgehead atoms. The molecular weight excluding hydrogens is 538 g/mol. The molecule has 0 unspecified atom stereocenters. The molecule has 9 nitrogen and oxygen atoms in total. The summed E-state index contributed by atoms with van der Waals surface area (Å²) in [6.45, 7) is 0. The molecule has 0 aliphatic heterocycles. The number of benzene rings is 2. The molecule has 32 heavy (non-hydrogen) atoms. The Morgan fingerprint density at radius 2 is 1.69 bits per heavy atom. The van der Waals surface area contributed by atoms with Crippen molar-refractivity contribution in [3.05, 3.63) is 58.6 Å². The summed E-state index contributed by atoms with van der Waals surface area (Å²) in [5.74, 6) is -0.495. The molecular formula is C19H18BrN5O4S3. The fourth-order valence-corrected chi connectivity index (χ4v) is 5.05. The van der Waals surface area contributed by atoms with Crippen LogP contribution in [0.5, 0.6) is 0 Å². The van der Waals surface area contributed by atoms with Crippen molar-refractivity contribution in [1.82, 2.24) is 14.5 Å². The lowest BCUT2D eigenvalue weighted by molar-refractivity contribution is -0.113. The smallest absolute Gasteiger partial charge is 0.257 e. The lowest BCUT2D eigenvalue weighted by atomic mass is 10.2. The van der Waals surface area contributed by atoms with Crippen LogP contribution >= 0.6 is 39.0 Å². The Labute approximate surface area is 201 Å². The highest BCUT2D eigenvalue weighted by Crippen LogP contribution is 2.26. The molecule has 0 aliphatic rings. The first-order chi connectivity index (χ1) is 15.1. The standard InChI is InChI=1S/C19H18BrN5O4S3/c1-25(2)32(28,29)15-9-3-12(4-10-15)17(27)22-18-23-24-19(31-18)30-11-16(26)21-14-7-5-13(20)6-8-14/h3-10H,11H2,1-2H3,(H,21,26)(H,22,23,27). The summed E-state index contributed by atoms with van der Waals surface area (Å²) in [7, 11) is -0.695. The second-order valence-corrected chi connectivity index (χ2v) is 11.8. The van der Waals surface area contributed by atoms with Gasteiger partial charge < -0.3 is 5.32 Å². The Bertz CT molecular complexity index is 1210. The van der Waals surface area contributed by atoms with Crippen molar-refractivity contribution in [2.45, 2.75) is 9.24 Å². The van der Waals surface area contributed by atoms with Gasteiger partial charge in [0.25, 0.3) is 5.91 Å². The quantitative estimate of drug-likeness (QED) is 0.322. The summed E-state index contributed by atoms with van der Waals surface area (Å²) >= 11 is 5.68. The molecule has 2 amide bonds. The molecule has 0 atom stereocenters. The summed E-state index contributed by atoms with van der Waals surface area (Å²) in [6.07, 6.45) is 0. The van der Waals surface area contributed by atoms with Crippen LogP contribution in [0.3, 0.4) is 0 Å². The molecule has 0 saturated heterocycles. The first kappa shape index (κ1) is 24.3. The van der Waals surface area contributed by atoms with E-state index in [1.807, 2.05) is 12.1 Å². The number of rotatable bonds is 8. The number of halogens is 1. The zero-order valence-electron chi connectivity index (χ0n) is 16.9.